The van der Waals surface area contributed by atoms with Crippen LogP contribution in [0.5, 0.6) is 5.75 Å². The van der Waals surface area contributed by atoms with Crippen molar-refractivity contribution in [1.82, 2.24) is 14.8 Å². The van der Waals surface area contributed by atoms with Gasteiger partial charge in [-0.15, -0.1) is 0 Å². The number of carbonyl (C=O) groups excluding carboxylic acids is 2. The van der Waals surface area contributed by atoms with Crippen LogP contribution in [0.1, 0.15) is 36.1 Å². The Bertz CT molecular complexity index is 1210. The third-order valence-corrected chi connectivity index (χ3v) is 5.21. The lowest BCUT2D eigenvalue weighted by molar-refractivity contribution is -0.144. The van der Waals surface area contributed by atoms with Gasteiger partial charge in [-0.3, -0.25) is 14.4 Å². The topological polar surface area (TPSA) is 115 Å². The van der Waals surface area contributed by atoms with Crippen molar-refractivity contribution in [2.75, 3.05) is 19.0 Å². The van der Waals surface area contributed by atoms with E-state index in [1.807, 2.05) is 6.07 Å². The molecule has 1 aliphatic heterocycles. The summed E-state index contributed by atoms with van der Waals surface area (Å²) in [7, 11) is 1.58. The molecule has 4 rings (SSSR count). The zero-order chi connectivity index (χ0) is 21.4. The van der Waals surface area contributed by atoms with E-state index in [2.05, 4.69) is 15.4 Å². The smallest absolute Gasteiger partial charge is 0.327 e. The molecule has 0 aliphatic carbocycles. The van der Waals surface area contributed by atoms with E-state index in [4.69, 9.17) is 9.47 Å². The normalized spacial score (nSPS) is 15.6. The van der Waals surface area contributed by atoms with Gasteiger partial charge in [0.2, 0.25) is 5.91 Å². The van der Waals surface area contributed by atoms with Gasteiger partial charge in [-0.1, -0.05) is 0 Å². The number of fused-ring (bicyclic) bond motifs is 2. The minimum atomic E-state index is -0.482. The Labute approximate surface area is 172 Å². The standard InChI is InChI=1S/C21H22N4O5/c1-4-30-18(27)10-25-20-19(11(2)24-25)14(9-17(26)23-20)15-8-12-7-13(29-3)5-6-16(12)22-21(15)28/h5-8,14H,4,9-10H2,1-3H3,(H,22,28)(H,23,26)/t14-/m1/s1. The van der Waals surface area contributed by atoms with E-state index in [-0.39, 0.29) is 31.0 Å². The van der Waals surface area contributed by atoms with Gasteiger partial charge in [-0.2, -0.15) is 5.10 Å². The number of rotatable bonds is 5. The molecule has 0 saturated carbocycles. The second-order valence-corrected chi connectivity index (χ2v) is 7.12. The zero-order valence-corrected chi connectivity index (χ0v) is 16.9. The molecule has 0 unspecified atom stereocenters. The van der Waals surface area contributed by atoms with Gasteiger partial charge in [0.05, 0.1) is 19.4 Å². The average molecular weight is 410 g/mol. The van der Waals surface area contributed by atoms with Crippen molar-refractivity contribution < 1.29 is 19.1 Å². The predicted octanol–water partition coefficient (Wildman–Crippen LogP) is 2.08. The number of H-pyrrole nitrogens is 1. The first-order chi connectivity index (χ1) is 14.4. The Kier molecular flexibility index (Phi) is 5.03. The molecule has 3 heterocycles. The molecular formula is C21H22N4O5. The molecule has 0 radical (unpaired) electrons. The first-order valence-electron chi connectivity index (χ1n) is 9.65. The lowest BCUT2D eigenvalue weighted by atomic mass is 9.86. The fourth-order valence-corrected chi connectivity index (χ4v) is 3.91. The van der Waals surface area contributed by atoms with E-state index in [1.165, 1.54) is 4.68 Å². The number of benzene rings is 1. The number of amides is 1. The molecule has 156 valence electrons. The molecular weight excluding hydrogens is 388 g/mol. The summed E-state index contributed by atoms with van der Waals surface area (Å²) in [5, 5.41) is 8.00. The van der Waals surface area contributed by atoms with E-state index in [0.717, 1.165) is 10.9 Å². The molecule has 0 saturated heterocycles. The maximum Gasteiger partial charge on any atom is 0.327 e. The number of hydrogen-bond acceptors (Lipinski definition) is 6. The van der Waals surface area contributed by atoms with Gasteiger partial charge < -0.3 is 19.8 Å². The summed E-state index contributed by atoms with van der Waals surface area (Å²) in [6, 6.07) is 7.16. The number of carbonyl (C=O) groups is 2. The van der Waals surface area contributed by atoms with Crippen molar-refractivity contribution in [3.05, 3.63) is 51.4 Å². The van der Waals surface area contributed by atoms with Crippen molar-refractivity contribution >= 4 is 28.6 Å². The van der Waals surface area contributed by atoms with E-state index in [0.29, 0.717) is 28.3 Å². The van der Waals surface area contributed by atoms with Crippen LogP contribution in [0.15, 0.2) is 29.1 Å². The van der Waals surface area contributed by atoms with Gasteiger partial charge in [0.15, 0.2) is 0 Å². The SMILES string of the molecule is CCOC(=O)Cn1nc(C)c2c1NC(=O)C[C@@H]2c1cc2cc(OC)ccc2[nH]c1=O. The Morgan fingerprint density at radius 3 is 2.83 bits per heavy atom. The highest BCUT2D eigenvalue weighted by Gasteiger charge is 2.34. The number of nitrogens with zero attached hydrogens (tertiary/aromatic N) is 2. The van der Waals surface area contributed by atoms with Crippen molar-refractivity contribution in [2.45, 2.75) is 32.7 Å². The number of nitrogens with one attached hydrogen (secondary N) is 2. The van der Waals surface area contributed by atoms with Gasteiger partial charge >= 0.3 is 5.97 Å². The van der Waals surface area contributed by atoms with Crippen LogP contribution in [0, 0.1) is 6.92 Å². The average Bonchev–Trinajstić information content (AvgIpc) is 3.01. The summed E-state index contributed by atoms with van der Waals surface area (Å²) in [6.45, 7) is 3.65. The number of anilines is 1. The first-order valence-corrected chi connectivity index (χ1v) is 9.65. The third-order valence-electron chi connectivity index (χ3n) is 5.21. The number of pyridine rings is 1. The summed E-state index contributed by atoms with van der Waals surface area (Å²) in [5.41, 5.74) is 2.25. The van der Waals surface area contributed by atoms with Crippen molar-refractivity contribution in [1.29, 1.82) is 0 Å². The van der Waals surface area contributed by atoms with Crippen molar-refractivity contribution in [3.8, 4) is 5.75 Å². The zero-order valence-electron chi connectivity index (χ0n) is 16.9. The Morgan fingerprint density at radius 2 is 2.10 bits per heavy atom. The predicted molar refractivity (Wildman–Crippen MR) is 110 cm³/mol. The Morgan fingerprint density at radius 1 is 1.30 bits per heavy atom. The molecule has 2 aromatic heterocycles. The van der Waals surface area contributed by atoms with E-state index >= 15 is 0 Å². The van der Waals surface area contributed by atoms with Crippen LogP contribution in [0.3, 0.4) is 0 Å². The number of aromatic amines is 1. The minimum absolute atomic E-state index is 0.109. The monoisotopic (exact) mass is 410 g/mol. The molecule has 0 fully saturated rings. The molecule has 1 amide bonds. The molecule has 3 aromatic rings. The lowest BCUT2D eigenvalue weighted by Crippen LogP contribution is -2.29. The summed E-state index contributed by atoms with van der Waals surface area (Å²) in [4.78, 5) is 40.1. The van der Waals surface area contributed by atoms with Crippen LogP contribution in [-0.2, 0) is 20.9 Å². The van der Waals surface area contributed by atoms with E-state index in [9.17, 15) is 14.4 Å². The Balaban J connectivity index is 1.83. The fraction of sp³-hybridized carbons (Fsp3) is 0.333. The van der Waals surface area contributed by atoms with Crippen LogP contribution in [0.2, 0.25) is 0 Å². The van der Waals surface area contributed by atoms with Gasteiger partial charge in [0.25, 0.3) is 5.56 Å². The number of aromatic nitrogens is 3. The largest absolute Gasteiger partial charge is 0.497 e. The van der Waals surface area contributed by atoms with Crippen molar-refractivity contribution in [3.63, 3.8) is 0 Å². The molecule has 9 heteroatoms. The maximum atomic E-state index is 12.9. The molecule has 30 heavy (non-hydrogen) atoms. The maximum absolute atomic E-state index is 12.9. The minimum Gasteiger partial charge on any atom is -0.497 e. The summed E-state index contributed by atoms with van der Waals surface area (Å²) in [5.74, 6) is -0.0885. The van der Waals surface area contributed by atoms with E-state index < -0.39 is 11.9 Å². The first kappa shape index (κ1) is 19.7. The van der Waals surface area contributed by atoms with Crippen LogP contribution in [0.4, 0.5) is 5.82 Å². The molecule has 1 aliphatic rings. The van der Waals surface area contributed by atoms with Crippen LogP contribution in [0.25, 0.3) is 10.9 Å². The van der Waals surface area contributed by atoms with Gasteiger partial charge in [-0.25, -0.2) is 4.68 Å². The van der Waals surface area contributed by atoms with Crippen LogP contribution in [-0.4, -0.2) is 40.4 Å². The van der Waals surface area contributed by atoms with Crippen molar-refractivity contribution in [2.24, 2.45) is 0 Å². The Hall–Kier alpha value is -3.62. The quantitative estimate of drug-likeness (QED) is 0.622. The summed E-state index contributed by atoms with van der Waals surface area (Å²) >= 11 is 0. The lowest BCUT2D eigenvalue weighted by Gasteiger charge is -2.24. The highest BCUT2D eigenvalue weighted by atomic mass is 16.5. The second kappa shape index (κ2) is 7.66. The van der Waals surface area contributed by atoms with Crippen LogP contribution >= 0.6 is 0 Å². The number of aryl methyl sites for hydroxylation is 1. The van der Waals surface area contributed by atoms with Gasteiger partial charge in [0, 0.05) is 34.4 Å². The molecule has 1 aromatic carbocycles. The summed E-state index contributed by atoms with van der Waals surface area (Å²) < 4.78 is 11.7. The fourth-order valence-electron chi connectivity index (χ4n) is 3.91. The van der Waals surface area contributed by atoms with Gasteiger partial charge in [0.1, 0.15) is 18.1 Å². The molecule has 2 N–H and O–H groups in total. The number of hydrogen-bond donors (Lipinski definition) is 2. The molecule has 0 bridgehead atoms. The molecule has 0 spiro atoms. The number of methoxy groups -OCH3 is 1. The van der Waals surface area contributed by atoms with E-state index in [1.54, 1.807) is 39.2 Å². The van der Waals surface area contributed by atoms with Crippen LogP contribution < -0.4 is 15.6 Å². The highest BCUT2D eigenvalue weighted by molar-refractivity contribution is 5.95. The number of ether oxygens (including phenoxy) is 2. The second-order valence-electron chi connectivity index (χ2n) is 7.12. The highest BCUT2D eigenvalue weighted by Crippen LogP contribution is 2.38. The molecule has 1 atom stereocenters. The molecule has 9 nitrogen and oxygen atoms in total. The number of esters is 1. The summed E-state index contributed by atoms with van der Waals surface area (Å²) in [6.07, 6.45) is 0.109. The van der Waals surface area contributed by atoms with Gasteiger partial charge in [-0.05, 0) is 38.1 Å². The third kappa shape index (κ3) is 3.42.